The molecule has 6 heteroatoms. The summed E-state index contributed by atoms with van der Waals surface area (Å²) in [5.41, 5.74) is 0.762. The van der Waals surface area contributed by atoms with E-state index in [1.165, 1.54) is 17.4 Å². The lowest BCUT2D eigenvalue weighted by molar-refractivity contribution is -0.385. The predicted molar refractivity (Wildman–Crippen MR) is 72.2 cm³/mol. The van der Waals surface area contributed by atoms with Gasteiger partial charge in [-0.25, -0.2) is 4.98 Å². The van der Waals surface area contributed by atoms with Crippen LogP contribution in [0.4, 0.5) is 5.69 Å². The summed E-state index contributed by atoms with van der Waals surface area (Å²) in [5.74, 6) is 0. The Labute approximate surface area is 113 Å². The van der Waals surface area contributed by atoms with Crippen molar-refractivity contribution in [2.45, 2.75) is 18.7 Å². The van der Waals surface area contributed by atoms with Crippen LogP contribution in [-0.4, -0.2) is 9.91 Å². The normalized spacial score (nSPS) is 12.3. The maximum atomic E-state index is 10.9. The van der Waals surface area contributed by atoms with E-state index in [1.54, 1.807) is 24.4 Å². The maximum absolute atomic E-state index is 10.9. The van der Waals surface area contributed by atoms with Gasteiger partial charge in [0, 0.05) is 29.1 Å². The second-order valence-electron chi connectivity index (χ2n) is 3.84. The minimum atomic E-state index is -0.378. The summed E-state index contributed by atoms with van der Waals surface area (Å²) in [7, 11) is 0. The lowest BCUT2D eigenvalue weighted by atomic mass is 10.1. The minimum Gasteiger partial charge on any atom is -0.258 e. The molecule has 0 bridgehead atoms. The molecular formula is C12H11ClN2O2S. The van der Waals surface area contributed by atoms with E-state index in [9.17, 15) is 10.1 Å². The molecule has 4 nitrogen and oxygen atoms in total. The first kappa shape index (κ1) is 13.0. The van der Waals surface area contributed by atoms with Crippen LogP contribution in [0.2, 0.25) is 0 Å². The number of hydrogen-bond donors (Lipinski definition) is 0. The summed E-state index contributed by atoms with van der Waals surface area (Å²) in [4.78, 5) is 15.6. The van der Waals surface area contributed by atoms with E-state index >= 15 is 0 Å². The second-order valence-corrected chi connectivity index (χ2v) is 5.63. The van der Waals surface area contributed by atoms with Gasteiger partial charge >= 0.3 is 0 Å². The molecule has 0 spiro atoms. The van der Waals surface area contributed by atoms with Gasteiger partial charge in [0.2, 0.25) is 0 Å². The van der Waals surface area contributed by atoms with Gasteiger partial charge in [0.05, 0.1) is 15.3 Å². The van der Waals surface area contributed by atoms with Crippen molar-refractivity contribution >= 4 is 28.6 Å². The number of benzene rings is 1. The fourth-order valence-corrected chi connectivity index (χ4v) is 2.80. The van der Waals surface area contributed by atoms with Gasteiger partial charge in [0.25, 0.3) is 5.69 Å². The van der Waals surface area contributed by atoms with Crippen molar-refractivity contribution in [2.24, 2.45) is 0 Å². The van der Waals surface area contributed by atoms with Crippen LogP contribution < -0.4 is 0 Å². The third kappa shape index (κ3) is 2.86. The Balaban J connectivity index is 2.21. The average molecular weight is 283 g/mol. The Kier molecular flexibility index (Phi) is 3.93. The summed E-state index contributed by atoms with van der Waals surface area (Å²) in [6.07, 6.45) is 2.16. The predicted octanol–water partition coefficient (Wildman–Crippen LogP) is 3.88. The molecule has 94 valence electrons. The molecule has 18 heavy (non-hydrogen) atoms. The Morgan fingerprint density at radius 1 is 1.50 bits per heavy atom. The summed E-state index contributed by atoms with van der Waals surface area (Å²) >= 11 is 7.79. The number of para-hydroxylation sites is 1. The van der Waals surface area contributed by atoms with Gasteiger partial charge in [0.1, 0.15) is 0 Å². The van der Waals surface area contributed by atoms with E-state index in [1.807, 2.05) is 6.92 Å². The van der Waals surface area contributed by atoms with Gasteiger partial charge < -0.3 is 0 Å². The monoisotopic (exact) mass is 282 g/mol. The quantitative estimate of drug-likeness (QED) is 0.486. The number of thiazole rings is 1. The Hall–Kier alpha value is -1.46. The van der Waals surface area contributed by atoms with Gasteiger partial charge in [-0.05, 0) is 6.92 Å². The van der Waals surface area contributed by atoms with Gasteiger partial charge in [-0.15, -0.1) is 22.9 Å². The maximum Gasteiger partial charge on any atom is 0.272 e. The molecule has 1 aromatic carbocycles. The summed E-state index contributed by atoms with van der Waals surface area (Å²) in [6.45, 7) is 1.91. The first-order valence-corrected chi connectivity index (χ1v) is 6.62. The van der Waals surface area contributed by atoms with E-state index in [0.29, 0.717) is 12.0 Å². The Morgan fingerprint density at radius 3 is 2.83 bits per heavy atom. The van der Waals surface area contributed by atoms with Crippen molar-refractivity contribution < 1.29 is 4.92 Å². The highest BCUT2D eigenvalue weighted by Crippen LogP contribution is 2.31. The molecule has 0 saturated carbocycles. The van der Waals surface area contributed by atoms with Crippen LogP contribution in [0, 0.1) is 17.0 Å². The highest BCUT2D eigenvalue weighted by Gasteiger charge is 2.18. The van der Waals surface area contributed by atoms with Crippen LogP contribution in [0.1, 0.15) is 20.8 Å². The van der Waals surface area contributed by atoms with Gasteiger partial charge in [-0.3, -0.25) is 10.1 Å². The largest absolute Gasteiger partial charge is 0.272 e. The zero-order valence-electron chi connectivity index (χ0n) is 9.67. The fourth-order valence-electron chi connectivity index (χ4n) is 1.68. The topological polar surface area (TPSA) is 56.0 Å². The van der Waals surface area contributed by atoms with E-state index in [0.717, 1.165) is 9.88 Å². The smallest absolute Gasteiger partial charge is 0.258 e. The number of alkyl halides is 1. The van der Waals surface area contributed by atoms with Crippen LogP contribution in [0.3, 0.4) is 0 Å². The van der Waals surface area contributed by atoms with Crippen LogP contribution in [0.5, 0.6) is 0 Å². The van der Waals surface area contributed by atoms with Crippen LogP contribution in [0.25, 0.3) is 0 Å². The third-order valence-corrected chi connectivity index (χ3v) is 4.08. The van der Waals surface area contributed by atoms with Crippen molar-refractivity contribution in [3.05, 3.63) is 56.0 Å². The van der Waals surface area contributed by atoms with Crippen LogP contribution in [-0.2, 0) is 6.42 Å². The Bertz CT molecular complexity index is 571. The lowest BCUT2D eigenvalue weighted by Gasteiger charge is -2.07. The summed E-state index contributed by atoms with van der Waals surface area (Å²) in [5, 5.41) is 11.6. The fraction of sp³-hybridized carbons (Fsp3) is 0.250. The second kappa shape index (κ2) is 5.46. The third-order valence-electron chi connectivity index (χ3n) is 2.54. The number of halogens is 1. The molecular weight excluding hydrogens is 272 g/mol. The first-order chi connectivity index (χ1) is 8.58. The number of rotatable bonds is 4. The van der Waals surface area contributed by atoms with Gasteiger partial charge in [-0.1, -0.05) is 18.2 Å². The highest BCUT2D eigenvalue weighted by atomic mass is 35.5. The number of aromatic nitrogens is 1. The van der Waals surface area contributed by atoms with Crippen molar-refractivity contribution in [1.82, 2.24) is 4.98 Å². The molecule has 0 N–H and O–H groups in total. The number of nitro groups is 1. The van der Waals surface area contributed by atoms with Crippen molar-refractivity contribution in [2.75, 3.05) is 0 Å². The van der Waals surface area contributed by atoms with E-state index in [2.05, 4.69) is 4.98 Å². The van der Waals surface area contributed by atoms with Gasteiger partial charge in [-0.2, -0.15) is 0 Å². The standard InChI is InChI=1S/C12H11ClN2O2S/c1-8-14-7-12(18-8)10(13)6-9-4-2-3-5-11(9)15(16)17/h2-5,7,10H,6H2,1H3. The molecule has 0 aliphatic heterocycles. The van der Waals surface area contributed by atoms with Crippen molar-refractivity contribution in [3.8, 4) is 0 Å². The number of nitrogens with zero attached hydrogens (tertiary/aromatic N) is 2. The first-order valence-electron chi connectivity index (χ1n) is 5.36. The summed E-state index contributed by atoms with van der Waals surface area (Å²) in [6, 6.07) is 6.67. The van der Waals surface area contributed by atoms with Crippen LogP contribution >= 0.6 is 22.9 Å². The van der Waals surface area contributed by atoms with Gasteiger partial charge in [0.15, 0.2) is 0 Å². The van der Waals surface area contributed by atoms with Crippen molar-refractivity contribution in [1.29, 1.82) is 0 Å². The molecule has 1 aromatic heterocycles. The average Bonchev–Trinajstić information content (AvgIpc) is 2.76. The minimum absolute atomic E-state index is 0.115. The molecule has 1 heterocycles. The zero-order valence-corrected chi connectivity index (χ0v) is 11.2. The molecule has 0 amide bonds. The molecule has 2 aromatic rings. The van der Waals surface area contributed by atoms with E-state index in [-0.39, 0.29) is 16.0 Å². The van der Waals surface area contributed by atoms with Crippen LogP contribution in [0.15, 0.2) is 30.5 Å². The highest BCUT2D eigenvalue weighted by molar-refractivity contribution is 7.11. The Morgan fingerprint density at radius 2 is 2.22 bits per heavy atom. The number of nitro benzene ring substituents is 1. The van der Waals surface area contributed by atoms with E-state index < -0.39 is 0 Å². The van der Waals surface area contributed by atoms with E-state index in [4.69, 9.17) is 11.6 Å². The zero-order chi connectivity index (χ0) is 13.1. The summed E-state index contributed by atoms with van der Waals surface area (Å²) < 4.78 is 0. The van der Waals surface area contributed by atoms with Crippen molar-refractivity contribution in [3.63, 3.8) is 0 Å². The molecule has 1 atom stereocenters. The molecule has 0 saturated heterocycles. The SMILES string of the molecule is Cc1ncc(C(Cl)Cc2ccccc2[N+](=O)[O-])s1. The number of hydrogen-bond acceptors (Lipinski definition) is 4. The lowest BCUT2D eigenvalue weighted by Crippen LogP contribution is -1.99. The molecule has 0 fully saturated rings. The molecule has 1 unspecified atom stereocenters. The molecule has 0 aliphatic carbocycles. The molecule has 0 radical (unpaired) electrons. The number of aryl methyl sites for hydroxylation is 1. The molecule has 0 aliphatic rings. The molecule has 2 rings (SSSR count).